The molecule has 0 bridgehead atoms. The van der Waals surface area contributed by atoms with Gasteiger partial charge in [-0.25, -0.2) is 0 Å². The number of ether oxygens (including phenoxy) is 3. The van der Waals surface area contributed by atoms with Crippen LogP contribution in [0.2, 0.25) is 0 Å². The summed E-state index contributed by atoms with van der Waals surface area (Å²) in [7, 11) is 2.94. The first kappa shape index (κ1) is 28.5. The van der Waals surface area contributed by atoms with Crippen LogP contribution >= 0.6 is 0 Å². The van der Waals surface area contributed by atoms with E-state index in [1.165, 1.54) is 27.2 Å². The summed E-state index contributed by atoms with van der Waals surface area (Å²) in [6, 6.07) is 8.25. The molecule has 0 spiro atoms. The van der Waals surface area contributed by atoms with Crippen LogP contribution < -0.4 is 9.47 Å². The van der Waals surface area contributed by atoms with E-state index in [2.05, 4.69) is 6.08 Å². The lowest BCUT2D eigenvalue weighted by Crippen LogP contribution is -2.35. The van der Waals surface area contributed by atoms with Gasteiger partial charge in [-0.05, 0) is 71.6 Å². The number of fused-ring (bicyclic) bond motifs is 2. The average molecular weight is 539 g/mol. The molecule has 1 fully saturated rings. The third kappa shape index (κ3) is 6.74. The van der Waals surface area contributed by atoms with E-state index in [0.29, 0.717) is 17.2 Å². The van der Waals surface area contributed by atoms with Crippen LogP contribution in [0.4, 0.5) is 0 Å². The largest absolute Gasteiger partial charge is 0.504 e. The first-order valence-corrected chi connectivity index (χ1v) is 13.5. The summed E-state index contributed by atoms with van der Waals surface area (Å²) in [6.07, 6.45) is 6.58. The summed E-state index contributed by atoms with van der Waals surface area (Å²) in [6.45, 7) is 1.26. The van der Waals surface area contributed by atoms with E-state index in [0.717, 1.165) is 36.8 Å². The van der Waals surface area contributed by atoms with Crippen LogP contribution in [-0.2, 0) is 20.7 Å². The van der Waals surface area contributed by atoms with Gasteiger partial charge in [0.25, 0.3) is 0 Å². The number of hydrogen-bond acceptors (Lipinski definition) is 8. The van der Waals surface area contributed by atoms with E-state index in [9.17, 15) is 24.9 Å². The molecule has 4 rings (SSSR count). The highest BCUT2D eigenvalue weighted by molar-refractivity contribution is 5.81. The highest BCUT2D eigenvalue weighted by Crippen LogP contribution is 2.48. The fourth-order valence-corrected chi connectivity index (χ4v) is 6.12. The van der Waals surface area contributed by atoms with E-state index in [1.807, 2.05) is 12.1 Å². The van der Waals surface area contributed by atoms with E-state index in [1.54, 1.807) is 18.2 Å². The Bertz CT molecular complexity index is 1220. The molecular formula is C31H38O8. The first-order valence-electron chi connectivity index (χ1n) is 13.5. The summed E-state index contributed by atoms with van der Waals surface area (Å²) in [4.78, 5) is 25.5. The van der Waals surface area contributed by atoms with Crippen molar-refractivity contribution < 1.29 is 39.1 Å². The topological polar surface area (TPSA) is 123 Å². The minimum absolute atomic E-state index is 0.0217. The van der Waals surface area contributed by atoms with Crippen molar-refractivity contribution in [2.24, 2.45) is 11.8 Å². The van der Waals surface area contributed by atoms with Crippen LogP contribution in [0.5, 0.6) is 23.0 Å². The number of methoxy groups -OCH3 is 2. The van der Waals surface area contributed by atoms with Crippen LogP contribution in [0.15, 0.2) is 36.4 Å². The van der Waals surface area contributed by atoms with Crippen molar-refractivity contribution in [3.63, 3.8) is 0 Å². The van der Waals surface area contributed by atoms with Crippen LogP contribution in [-0.4, -0.2) is 53.5 Å². The number of ketones is 1. The molecule has 0 heterocycles. The normalized spacial score (nSPS) is 21.6. The Morgan fingerprint density at radius 2 is 1.72 bits per heavy atom. The van der Waals surface area contributed by atoms with Gasteiger partial charge in [-0.1, -0.05) is 31.1 Å². The highest BCUT2D eigenvalue weighted by Gasteiger charge is 2.37. The summed E-state index contributed by atoms with van der Waals surface area (Å²) in [5.74, 6) is 0.470. The van der Waals surface area contributed by atoms with Gasteiger partial charge >= 0.3 is 5.97 Å². The van der Waals surface area contributed by atoms with Gasteiger partial charge in [0, 0.05) is 26.2 Å². The Labute approximate surface area is 229 Å². The zero-order valence-electron chi connectivity index (χ0n) is 22.8. The maximum Gasteiger partial charge on any atom is 0.303 e. The number of aliphatic hydroxyl groups is 1. The molecule has 0 amide bonds. The van der Waals surface area contributed by atoms with Crippen molar-refractivity contribution in [1.82, 2.24) is 0 Å². The number of benzene rings is 2. The fourth-order valence-electron chi connectivity index (χ4n) is 6.12. The molecule has 39 heavy (non-hydrogen) atoms. The molecule has 5 atom stereocenters. The Hall–Kier alpha value is -3.52. The van der Waals surface area contributed by atoms with Crippen molar-refractivity contribution in [1.29, 1.82) is 0 Å². The Balaban J connectivity index is 1.56. The number of esters is 1. The van der Waals surface area contributed by atoms with Gasteiger partial charge in [0.2, 0.25) is 0 Å². The predicted molar refractivity (Wildman–Crippen MR) is 146 cm³/mol. The van der Waals surface area contributed by atoms with Gasteiger partial charge in [0.15, 0.2) is 23.0 Å². The second-order valence-electron chi connectivity index (χ2n) is 10.6. The van der Waals surface area contributed by atoms with Crippen molar-refractivity contribution >= 4 is 17.8 Å². The Kier molecular flexibility index (Phi) is 9.17. The number of hydrogen-bond donors (Lipinski definition) is 3. The second-order valence-corrected chi connectivity index (χ2v) is 10.6. The number of carbonyl (C=O) groups is 2. The standard InChI is InChI=1S/C31H38O8/c1-18(32)39-31(27(35)12-19-8-11-26(34)29(13-19)37-2)16-22(33)15-25-23-7-5-4-6-20(23)9-10-21-14-28(36)30(38-3)17-24(21)25/h8-11,13-14,17,20,23,25,27,31,34-36H,4-7,12,15-16H2,1-3H3/t20-,23+,25-,27+,31+/m1/s1. The first-order chi connectivity index (χ1) is 18.7. The van der Waals surface area contributed by atoms with E-state index in [-0.39, 0.29) is 54.1 Å². The number of rotatable bonds is 10. The molecule has 0 saturated heterocycles. The average Bonchev–Trinajstić information content (AvgIpc) is 3.05. The lowest BCUT2D eigenvalue weighted by Gasteiger charge is -2.35. The Morgan fingerprint density at radius 1 is 1.00 bits per heavy atom. The van der Waals surface area contributed by atoms with Crippen molar-refractivity contribution in [2.45, 2.75) is 70.0 Å². The molecular weight excluding hydrogens is 500 g/mol. The molecule has 3 N–H and O–H groups in total. The quantitative estimate of drug-likeness (QED) is 0.365. The molecule has 1 saturated carbocycles. The molecule has 8 heteroatoms. The zero-order valence-corrected chi connectivity index (χ0v) is 22.8. The highest BCUT2D eigenvalue weighted by atomic mass is 16.6. The smallest absolute Gasteiger partial charge is 0.303 e. The summed E-state index contributed by atoms with van der Waals surface area (Å²) < 4.78 is 16.0. The Morgan fingerprint density at radius 3 is 2.44 bits per heavy atom. The third-order valence-corrected chi connectivity index (χ3v) is 8.01. The molecule has 0 unspecified atom stereocenters. The molecule has 2 aromatic rings. The van der Waals surface area contributed by atoms with Gasteiger partial charge in [-0.15, -0.1) is 0 Å². The van der Waals surface area contributed by atoms with Gasteiger partial charge < -0.3 is 29.5 Å². The van der Waals surface area contributed by atoms with Gasteiger partial charge in [-0.3, -0.25) is 9.59 Å². The van der Waals surface area contributed by atoms with Crippen LogP contribution in [0.1, 0.15) is 68.1 Å². The van der Waals surface area contributed by atoms with E-state index in [4.69, 9.17) is 14.2 Å². The lowest BCUT2D eigenvalue weighted by molar-refractivity contribution is -0.154. The predicted octanol–water partition coefficient (Wildman–Crippen LogP) is 4.92. The molecule has 8 nitrogen and oxygen atoms in total. The van der Waals surface area contributed by atoms with Gasteiger partial charge in [-0.2, -0.15) is 0 Å². The lowest BCUT2D eigenvalue weighted by atomic mass is 9.69. The van der Waals surface area contributed by atoms with Crippen LogP contribution in [0.3, 0.4) is 0 Å². The number of phenolic OH excluding ortho intramolecular Hbond substituents is 2. The molecule has 0 aromatic heterocycles. The number of aromatic hydroxyl groups is 2. The fraction of sp³-hybridized carbons (Fsp3) is 0.484. The van der Waals surface area contributed by atoms with E-state index < -0.39 is 18.2 Å². The number of phenols is 2. The van der Waals surface area contributed by atoms with E-state index >= 15 is 0 Å². The van der Waals surface area contributed by atoms with Crippen LogP contribution in [0, 0.1) is 11.8 Å². The summed E-state index contributed by atoms with van der Waals surface area (Å²) >= 11 is 0. The van der Waals surface area contributed by atoms with Gasteiger partial charge in [0.05, 0.1) is 20.3 Å². The van der Waals surface area contributed by atoms with Crippen LogP contribution in [0.25, 0.3) is 6.08 Å². The molecule has 2 aromatic carbocycles. The summed E-state index contributed by atoms with van der Waals surface area (Å²) in [5, 5.41) is 31.3. The number of carbonyl (C=O) groups excluding carboxylic acids is 2. The molecule has 0 radical (unpaired) electrons. The summed E-state index contributed by atoms with van der Waals surface area (Å²) in [5.41, 5.74) is 2.50. The number of Topliss-reactive ketones (excluding diaryl/α,β-unsaturated/α-hetero) is 1. The van der Waals surface area contributed by atoms with Crippen molar-refractivity contribution in [3.05, 3.63) is 53.1 Å². The molecule has 210 valence electrons. The molecule has 2 aliphatic carbocycles. The number of allylic oxidation sites excluding steroid dienone is 1. The maximum atomic E-state index is 13.6. The maximum absolute atomic E-state index is 13.6. The van der Waals surface area contributed by atoms with Gasteiger partial charge in [0.1, 0.15) is 11.9 Å². The molecule has 2 aliphatic rings. The minimum atomic E-state index is -1.13. The molecule has 0 aliphatic heterocycles. The van der Waals surface area contributed by atoms with Crippen molar-refractivity contribution in [2.75, 3.05) is 14.2 Å². The monoisotopic (exact) mass is 538 g/mol. The van der Waals surface area contributed by atoms with Crippen molar-refractivity contribution in [3.8, 4) is 23.0 Å². The number of aliphatic hydroxyl groups excluding tert-OH is 1. The third-order valence-electron chi connectivity index (χ3n) is 8.01. The zero-order chi connectivity index (χ0) is 28.1. The minimum Gasteiger partial charge on any atom is -0.504 e. The SMILES string of the molecule is COc1cc(C[C@H](O)[C@H](CC(=O)C[C@H]2c3cc(OC)c(O)cc3C=C[C@H]3CCCC[C@@H]32)OC(C)=O)ccc1O. The second kappa shape index (κ2) is 12.6.